The molecule has 5 nitrogen and oxygen atoms in total. The number of hydrogen-bond acceptors (Lipinski definition) is 4. The van der Waals surface area contributed by atoms with Gasteiger partial charge in [-0.05, 0) is 6.07 Å². The summed E-state index contributed by atoms with van der Waals surface area (Å²) < 4.78 is 0. The van der Waals surface area contributed by atoms with E-state index in [0.717, 1.165) is 0 Å². The van der Waals surface area contributed by atoms with E-state index in [2.05, 4.69) is 15.4 Å². The topological polar surface area (TPSA) is 82.0 Å². The molecule has 5 heteroatoms. The van der Waals surface area contributed by atoms with Crippen molar-refractivity contribution in [2.45, 2.75) is 19.1 Å². The number of nitrogens with one attached hydrogen (secondary N) is 1. The smallest absolute Gasteiger partial charge is 0.191 e. The van der Waals surface area contributed by atoms with Crippen molar-refractivity contribution in [3.63, 3.8) is 0 Å². The molecule has 0 spiro atoms. The van der Waals surface area contributed by atoms with Crippen molar-refractivity contribution in [1.82, 2.24) is 15.4 Å². The summed E-state index contributed by atoms with van der Waals surface area (Å²) in [6, 6.07) is 5.15. The van der Waals surface area contributed by atoms with E-state index >= 15 is 0 Å². The molecule has 0 fully saturated rings. The van der Waals surface area contributed by atoms with Gasteiger partial charge in [0.25, 0.3) is 0 Å². The van der Waals surface area contributed by atoms with Gasteiger partial charge in [0.1, 0.15) is 5.52 Å². The molecule has 0 atom stereocenters. The van der Waals surface area contributed by atoms with Crippen LogP contribution in [0.2, 0.25) is 0 Å². The lowest BCUT2D eigenvalue weighted by Crippen LogP contribution is -2.23. The lowest BCUT2D eigenvalue weighted by atomic mass is 10.0. The summed E-state index contributed by atoms with van der Waals surface area (Å²) in [5.74, 6) is -1.84. The summed E-state index contributed by atoms with van der Waals surface area (Å²) in [5.41, 5.74) is 1.58. The Morgan fingerprint density at radius 3 is 2.93 bits per heavy atom. The third-order valence-corrected chi connectivity index (χ3v) is 2.28. The Morgan fingerprint density at radius 1 is 1.43 bits per heavy atom. The second kappa shape index (κ2) is 3.04. The van der Waals surface area contributed by atoms with Crippen LogP contribution < -0.4 is 0 Å². The van der Waals surface area contributed by atoms with Crippen molar-refractivity contribution in [2.75, 3.05) is 0 Å². The van der Waals surface area contributed by atoms with E-state index in [1.807, 2.05) is 0 Å². The van der Waals surface area contributed by atoms with Gasteiger partial charge in [0, 0.05) is 12.0 Å². The molecule has 3 N–H and O–H groups in total. The number of H-pyrrole nitrogens is 1. The normalized spacial score (nSPS) is 12.2. The van der Waals surface area contributed by atoms with E-state index in [1.54, 1.807) is 25.1 Å². The first-order chi connectivity index (χ1) is 6.65. The standard InChI is InChI=1S/C9H11N3O2/c1-2-9(13,14)6-4-3-5-7-8(6)11-12-10-7/h3-5,13-14H,2H2,1H3,(H,10,11,12). The highest BCUT2D eigenvalue weighted by atomic mass is 16.5. The molecule has 0 amide bonds. The van der Waals surface area contributed by atoms with Gasteiger partial charge in [-0.3, -0.25) is 5.10 Å². The first-order valence-corrected chi connectivity index (χ1v) is 4.40. The first kappa shape index (κ1) is 9.11. The minimum atomic E-state index is -1.84. The largest absolute Gasteiger partial charge is 0.362 e. The zero-order valence-electron chi connectivity index (χ0n) is 7.73. The van der Waals surface area contributed by atoms with E-state index in [9.17, 15) is 10.2 Å². The molecule has 74 valence electrons. The lowest BCUT2D eigenvalue weighted by Gasteiger charge is -2.19. The molecule has 0 aliphatic carbocycles. The minimum absolute atomic E-state index is 0.207. The highest BCUT2D eigenvalue weighted by molar-refractivity contribution is 5.77. The van der Waals surface area contributed by atoms with Gasteiger partial charge in [-0.15, -0.1) is 5.10 Å². The molecule has 2 rings (SSSR count). The maximum atomic E-state index is 9.68. The lowest BCUT2D eigenvalue weighted by molar-refractivity contribution is -0.170. The second-order valence-corrected chi connectivity index (χ2v) is 3.18. The van der Waals surface area contributed by atoms with Crippen molar-refractivity contribution >= 4 is 11.0 Å². The molecule has 14 heavy (non-hydrogen) atoms. The zero-order valence-corrected chi connectivity index (χ0v) is 7.73. The number of aliphatic hydroxyl groups is 2. The Hall–Kier alpha value is -1.46. The number of hydrogen-bond donors (Lipinski definition) is 3. The highest BCUT2D eigenvalue weighted by Gasteiger charge is 2.26. The van der Waals surface area contributed by atoms with Crippen molar-refractivity contribution in [1.29, 1.82) is 0 Å². The Bertz CT molecular complexity index is 450. The molecule has 0 aliphatic rings. The average molecular weight is 193 g/mol. The van der Waals surface area contributed by atoms with Gasteiger partial charge < -0.3 is 10.2 Å². The first-order valence-electron chi connectivity index (χ1n) is 4.40. The molecule has 1 heterocycles. The molecule has 2 aromatic rings. The van der Waals surface area contributed by atoms with Crippen LogP contribution in [0.5, 0.6) is 0 Å². The Balaban J connectivity index is 2.67. The molecule has 0 aliphatic heterocycles. The van der Waals surface area contributed by atoms with Gasteiger partial charge in [-0.25, -0.2) is 0 Å². The van der Waals surface area contributed by atoms with Crippen molar-refractivity contribution in [3.05, 3.63) is 23.8 Å². The van der Waals surface area contributed by atoms with Gasteiger partial charge in [0.15, 0.2) is 5.79 Å². The van der Waals surface area contributed by atoms with Crippen LogP contribution in [-0.4, -0.2) is 25.6 Å². The third kappa shape index (κ3) is 1.26. The Morgan fingerprint density at radius 2 is 2.21 bits per heavy atom. The molecule has 0 unspecified atom stereocenters. The van der Waals surface area contributed by atoms with Crippen molar-refractivity contribution in [3.8, 4) is 0 Å². The van der Waals surface area contributed by atoms with Crippen LogP contribution in [0, 0.1) is 0 Å². The van der Waals surface area contributed by atoms with Crippen LogP contribution in [0.4, 0.5) is 0 Å². The quantitative estimate of drug-likeness (QED) is 0.607. The van der Waals surface area contributed by atoms with Crippen LogP contribution in [-0.2, 0) is 5.79 Å². The molecule has 0 saturated carbocycles. The number of benzene rings is 1. The average Bonchev–Trinajstić information content (AvgIpc) is 2.64. The van der Waals surface area contributed by atoms with E-state index in [-0.39, 0.29) is 6.42 Å². The Kier molecular flexibility index (Phi) is 1.98. The van der Waals surface area contributed by atoms with Crippen LogP contribution in [0.3, 0.4) is 0 Å². The minimum Gasteiger partial charge on any atom is -0.362 e. The van der Waals surface area contributed by atoms with Crippen molar-refractivity contribution in [2.24, 2.45) is 0 Å². The van der Waals surface area contributed by atoms with Gasteiger partial charge in [-0.2, -0.15) is 0 Å². The monoisotopic (exact) mass is 193 g/mol. The maximum Gasteiger partial charge on any atom is 0.191 e. The fourth-order valence-electron chi connectivity index (χ4n) is 1.38. The summed E-state index contributed by atoms with van der Waals surface area (Å²) in [6.45, 7) is 1.69. The summed E-state index contributed by atoms with van der Waals surface area (Å²) in [5, 5.41) is 29.5. The van der Waals surface area contributed by atoms with Crippen molar-refractivity contribution < 1.29 is 10.2 Å². The van der Waals surface area contributed by atoms with Gasteiger partial charge in [0.05, 0.1) is 5.52 Å². The number of fused-ring (bicyclic) bond motifs is 1. The van der Waals surface area contributed by atoms with Crippen LogP contribution in [0.15, 0.2) is 18.2 Å². The van der Waals surface area contributed by atoms with Crippen LogP contribution in [0.1, 0.15) is 18.9 Å². The molecular formula is C9H11N3O2. The molecule has 1 aromatic carbocycles. The van der Waals surface area contributed by atoms with Gasteiger partial charge in [0.2, 0.25) is 0 Å². The predicted octanol–water partition coefficient (Wildman–Crippen LogP) is 0.505. The van der Waals surface area contributed by atoms with E-state index < -0.39 is 5.79 Å². The van der Waals surface area contributed by atoms with E-state index in [0.29, 0.717) is 16.6 Å². The number of aromatic nitrogens is 3. The third-order valence-electron chi connectivity index (χ3n) is 2.28. The second-order valence-electron chi connectivity index (χ2n) is 3.18. The zero-order chi connectivity index (χ0) is 10.2. The van der Waals surface area contributed by atoms with Crippen LogP contribution >= 0.6 is 0 Å². The van der Waals surface area contributed by atoms with Gasteiger partial charge >= 0.3 is 0 Å². The molecular weight excluding hydrogens is 182 g/mol. The number of rotatable bonds is 2. The number of aromatic amines is 1. The molecule has 0 radical (unpaired) electrons. The SMILES string of the molecule is CCC(O)(O)c1cccc2[nH]nnc12. The van der Waals surface area contributed by atoms with E-state index in [4.69, 9.17) is 0 Å². The Labute approximate surface area is 80.4 Å². The number of nitrogens with zero attached hydrogens (tertiary/aromatic N) is 2. The fraction of sp³-hybridized carbons (Fsp3) is 0.333. The summed E-state index contributed by atoms with van der Waals surface area (Å²) in [6.07, 6.45) is 0.207. The predicted molar refractivity (Wildman–Crippen MR) is 50.3 cm³/mol. The molecule has 0 saturated heterocycles. The summed E-state index contributed by atoms with van der Waals surface area (Å²) >= 11 is 0. The molecule has 0 bridgehead atoms. The summed E-state index contributed by atoms with van der Waals surface area (Å²) in [4.78, 5) is 0. The fourth-order valence-corrected chi connectivity index (χ4v) is 1.38. The molecule has 1 aromatic heterocycles. The maximum absolute atomic E-state index is 9.68. The van der Waals surface area contributed by atoms with Gasteiger partial charge in [-0.1, -0.05) is 24.3 Å². The summed E-state index contributed by atoms with van der Waals surface area (Å²) in [7, 11) is 0. The van der Waals surface area contributed by atoms with Crippen LogP contribution in [0.25, 0.3) is 11.0 Å². The highest BCUT2D eigenvalue weighted by Crippen LogP contribution is 2.26. The van der Waals surface area contributed by atoms with E-state index in [1.165, 1.54) is 0 Å².